The van der Waals surface area contributed by atoms with Gasteiger partial charge in [-0.05, 0) is 31.4 Å². The minimum absolute atomic E-state index is 0.117. The molecule has 0 spiro atoms. The van der Waals surface area contributed by atoms with Gasteiger partial charge in [0.2, 0.25) is 5.89 Å². The maximum absolute atomic E-state index is 12.5. The lowest BCUT2D eigenvalue weighted by Crippen LogP contribution is -2.38. The van der Waals surface area contributed by atoms with Crippen LogP contribution in [0.5, 0.6) is 0 Å². The predicted octanol–water partition coefficient (Wildman–Crippen LogP) is 3.15. The number of likely N-dealkylation sites (tertiary alicyclic amines) is 1. The van der Waals surface area contributed by atoms with Gasteiger partial charge in [0.15, 0.2) is 11.6 Å². The summed E-state index contributed by atoms with van der Waals surface area (Å²) in [6.07, 6.45) is 4.38. The van der Waals surface area contributed by atoms with E-state index in [1.165, 1.54) is 6.26 Å². The average molecular weight is 289 g/mol. The van der Waals surface area contributed by atoms with E-state index >= 15 is 0 Å². The molecule has 0 aliphatic carbocycles. The number of aromatic nitrogens is 2. The molecule has 112 valence electrons. The van der Waals surface area contributed by atoms with Gasteiger partial charge in [-0.25, -0.2) is 0 Å². The second kappa shape index (κ2) is 5.71. The summed E-state index contributed by atoms with van der Waals surface area (Å²) in [5.74, 6) is 1.65. The van der Waals surface area contributed by atoms with Crippen LogP contribution in [0.3, 0.4) is 0 Å². The summed E-state index contributed by atoms with van der Waals surface area (Å²) in [6.45, 7) is 4.71. The number of rotatable bonds is 3. The molecule has 3 rings (SSSR count). The third-order valence-corrected chi connectivity index (χ3v) is 3.75. The van der Waals surface area contributed by atoms with E-state index in [0.29, 0.717) is 24.0 Å². The van der Waals surface area contributed by atoms with E-state index in [1.54, 1.807) is 17.0 Å². The minimum atomic E-state index is -0.156. The standard InChI is InChI=1S/C15H19N3O3/c1-10(2)13-16-14(21-17-13)11-6-3-4-8-18(11)15(19)12-7-5-9-20-12/h5,7,9-11H,3-4,6,8H2,1-2H3. The Balaban J connectivity index is 1.85. The molecule has 2 aromatic heterocycles. The molecule has 1 saturated heterocycles. The maximum atomic E-state index is 12.5. The largest absolute Gasteiger partial charge is 0.459 e. The molecule has 1 unspecified atom stereocenters. The fraction of sp³-hybridized carbons (Fsp3) is 0.533. The van der Waals surface area contributed by atoms with Gasteiger partial charge in [0.25, 0.3) is 5.91 Å². The molecule has 0 bridgehead atoms. The van der Waals surface area contributed by atoms with Gasteiger partial charge in [0.1, 0.15) is 6.04 Å². The van der Waals surface area contributed by atoms with Crippen molar-refractivity contribution in [2.24, 2.45) is 0 Å². The van der Waals surface area contributed by atoms with Crippen molar-refractivity contribution in [2.75, 3.05) is 6.54 Å². The maximum Gasteiger partial charge on any atom is 0.290 e. The van der Waals surface area contributed by atoms with Crippen molar-refractivity contribution < 1.29 is 13.7 Å². The molecule has 1 amide bonds. The van der Waals surface area contributed by atoms with Crippen molar-refractivity contribution in [3.05, 3.63) is 35.9 Å². The zero-order valence-electron chi connectivity index (χ0n) is 12.3. The van der Waals surface area contributed by atoms with Crippen molar-refractivity contribution in [1.82, 2.24) is 15.0 Å². The predicted molar refractivity (Wildman–Crippen MR) is 74.7 cm³/mol. The van der Waals surface area contributed by atoms with Crippen molar-refractivity contribution in [2.45, 2.75) is 45.1 Å². The van der Waals surface area contributed by atoms with Crippen LogP contribution in [0, 0.1) is 0 Å². The normalized spacial score (nSPS) is 19.2. The first-order chi connectivity index (χ1) is 10.2. The number of nitrogens with zero attached hydrogens (tertiary/aromatic N) is 3. The fourth-order valence-corrected chi connectivity index (χ4v) is 2.59. The number of piperidine rings is 1. The van der Waals surface area contributed by atoms with Crippen LogP contribution in [-0.2, 0) is 0 Å². The third kappa shape index (κ3) is 2.70. The van der Waals surface area contributed by atoms with E-state index in [4.69, 9.17) is 8.94 Å². The highest BCUT2D eigenvalue weighted by molar-refractivity contribution is 5.91. The van der Waals surface area contributed by atoms with Gasteiger partial charge in [-0.3, -0.25) is 4.79 Å². The van der Waals surface area contributed by atoms with E-state index < -0.39 is 0 Å². The van der Waals surface area contributed by atoms with Gasteiger partial charge in [-0.15, -0.1) is 0 Å². The Bertz CT molecular complexity index is 603. The summed E-state index contributed by atoms with van der Waals surface area (Å²) in [5, 5.41) is 4.00. The van der Waals surface area contributed by atoms with Gasteiger partial charge < -0.3 is 13.8 Å². The molecule has 1 aliphatic rings. The minimum Gasteiger partial charge on any atom is -0.459 e. The van der Waals surface area contributed by atoms with Crippen LogP contribution in [0.1, 0.15) is 67.3 Å². The summed E-state index contributed by atoms with van der Waals surface area (Å²) >= 11 is 0. The molecule has 2 aromatic rings. The lowest BCUT2D eigenvalue weighted by molar-refractivity contribution is 0.0529. The number of hydrogen-bond donors (Lipinski definition) is 0. The summed E-state index contributed by atoms with van der Waals surface area (Å²) in [7, 11) is 0. The Labute approximate surface area is 123 Å². The van der Waals surface area contributed by atoms with Crippen LogP contribution < -0.4 is 0 Å². The average Bonchev–Trinajstić information content (AvgIpc) is 3.18. The molecule has 1 atom stereocenters. The highest BCUT2D eigenvalue weighted by Gasteiger charge is 2.33. The molecule has 0 radical (unpaired) electrons. The molecule has 1 fully saturated rings. The first-order valence-corrected chi connectivity index (χ1v) is 7.35. The van der Waals surface area contributed by atoms with Crippen LogP contribution in [0.15, 0.2) is 27.3 Å². The molecule has 3 heterocycles. The van der Waals surface area contributed by atoms with Crippen molar-refractivity contribution >= 4 is 5.91 Å². The van der Waals surface area contributed by atoms with Gasteiger partial charge >= 0.3 is 0 Å². The van der Waals surface area contributed by atoms with Crippen LogP contribution in [0.25, 0.3) is 0 Å². The second-order valence-electron chi connectivity index (χ2n) is 5.63. The number of amides is 1. The van der Waals surface area contributed by atoms with Crippen LogP contribution >= 0.6 is 0 Å². The highest BCUT2D eigenvalue weighted by atomic mass is 16.5. The van der Waals surface area contributed by atoms with Gasteiger partial charge in [0.05, 0.1) is 6.26 Å². The van der Waals surface area contributed by atoms with Gasteiger partial charge in [-0.2, -0.15) is 4.98 Å². The molecule has 21 heavy (non-hydrogen) atoms. The molecule has 0 saturated carbocycles. The van der Waals surface area contributed by atoms with Crippen LogP contribution in [0.4, 0.5) is 0 Å². The lowest BCUT2D eigenvalue weighted by atomic mass is 10.0. The number of carbonyl (C=O) groups is 1. The Hall–Kier alpha value is -2.11. The number of hydrogen-bond acceptors (Lipinski definition) is 5. The van der Waals surface area contributed by atoms with Crippen molar-refractivity contribution in [3.8, 4) is 0 Å². The summed E-state index contributed by atoms with van der Waals surface area (Å²) in [4.78, 5) is 18.8. The first-order valence-electron chi connectivity index (χ1n) is 7.35. The fourth-order valence-electron chi connectivity index (χ4n) is 2.59. The molecule has 0 aromatic carbocycles. The van der Waals surface area contributed by atoms with Crippen molar-refractivity contribution in [3.63, 3.8) is 0 Å². The number of furan rings is 1. The zero-order chi connectivity index (χ0) is 14.8. The summed E-state index contributed by atoms with van der Waals surface area (Å²) in [5.41, 5.74) is 0. The Morgan fingerprint density at radius 2 is 2.29 bits per heavy atom. The molecule has 6 nitrogen and oxygen atoms in total. The van der Waals surface area contributed by atoms with Gasteiger partial charge in [0, 0.05) is 12.5 Å². The molecule has 0 N–H and O–H groups in total. The molecule has 6 heteroatoms. The lowest BCUT2D eigenvalue weighted by Gasteiger charge is -2.32. The van der Waals surface area contributed by atoms with E-state index in [1.807, 2.05) is 13.8 Å². The van der Waals surface area contributed by atoms with E-state index in [2.05, 4.69) is 10.1 Å². The van der Waals surface area contributed by atoms with Crippen molar-refractivity contribution in [1.29, 1.82) is 0 Å². The second-order valence-corrected chi connectivity index (χ2v) is 5.63. The topological polar surface area (TPSA) is 72.4 Å². The Kier molecular flexibility index (Phi) is 3.77. The first kappa shape index (κ1) is 13.9. The smallest absolute Gasteiger partial charge is 0.290 e. The molecular formula is C15H19N3O3. The Morgan fingerprint density at radius 3 is 2.95 bits per heavy atom. The third-order valence-electron chi connectivity index (χ3n) is 3.75. The number of carbonyl (C=O) groups excluding carboxylic acids is 1. The van der Waals surface area contributed by atoms with Gasteiger partial charge in [-0.1, -0.05) is 19.0 Å². The summed E-state index contributed by atoms with van der Waals surface area (Å²) < 4.78 is 10.6. The van der Waals surface area contributed by atoms with E-state index in [-0.39, 0.29) is 17.9 Å². The molecular weight excluding hydrogens is 270 g/mol. The van der Waals surface area contributed by atoms with E-state index in [9.17, 15) is 4.79 Å². The quantitative estimate of drug-likeness (QED) is 0.867. The van der Waals surface area contributed by atoms with Crippen LogP contribution in [-0.4, -0.2) is 27.5 Å². The summed E-state index contributed by atoms with van der Waals surface area (Å²) in [6, 6.07) is 3.24. The zero-order valence-corrected chi connectivity index (χ0v) is 12.3. The Morgan fingerprint density at radius 1 is 1.43 bits per heavy atom. The molecule has 1 aliphatic heterocycles. The van der Waals surface area contributed by atoms with E-state index in [0.717, 1.165) is 19.3 Å². The SMILES string of the molecule is CC(C)c1noc(C2CCCCN2C(=O)c2ccco2)n1. The van der Waals surface area contributed by atoms with Crippen LogP contribution in [0.2, 0.25) is 0 Å². The highest BCUT2D eigenvalue weighted by Crippen LogP contribution is 2.31. The monoisotopic (exact) mass is 289 g/mol.